The maximum absolute atomic E-state index is 12.2. The molecule has 1 unspecified atom stereocenters. The van der Waals surface area contributed by atoms with E-state index < -0.39 is 11.2 Å². The van der Waals surface area contributed by atoms with E-state index in [0.29, 0.717) is 6.54 Å². The van der Waals surface area contributed by atoms with Crippen molar-refractivity contribution >= 4 is 21.9 Å². The zero-order valence-corrected chi connectivity index (χ0v) is 17.1. The van der Waals surface area contributed by atoms with Crippen LogP contribution in [0.4, 0.5) is 0 Å². The zero-order chi connectivity index (χ0) is 18.3. The molecule has 140 valence electrons. The summed E-state index contributed by atoms with van der Waals surface area (Å²) < 4.78 is 14.4. The molecule has 1 saturated carbocycles. The molecule has 1 aromatic heterocycles. The molecule has 1 spiro atoms. The van der Waals surface area contributed by atoms with Crippen LogP contribution in [-0.2, 0) is 26.9 Å². The van der Waals surface area contributed by atoms with Crippen molar-refractivity contribution in [1.82, 2.24) is 14.9 Å². The molecule has 1 aliphatic carbocycles. The number of carbonyl (C=O) groups is 1. The molecule has 0 aromatic carbocycles. The van der Waals surface area contributed by atoms with E-state index in [9.17, 15) is 4.79 Å². The van der Waals surface area contributed by atoms with Crippen LogP contribution in [-0.4, -0.2) is 39.8 Å². The second-order valence-electron chi connectivity index (χ2n) is 8.39. The van der Waals surface area contributed by atoms with Gasteiger partial charge in [-0.2, -0.15) is 0 Å². The SMILES string of the molecule is Cn1cc(Br)nc1C1(OCC(=O)OC(C)(C)C)CNC2(CCCC2)C1. The molecule has 2 fully saturated rings. The lowest BCUT2D eigenvalue weighted by molar-refractivity contribution is -0.167. The Bertz CT molecular complexity index is 646. The van der Waals surface area contributed by atoms with Crippen molar-refractivity contribution in [3.05, 3.63) is 16.6 Å². The van der Waals surface area contributed by atoms with Crippen molar-refractivity contribution in [2.24, 2.45) is 7.05 Å². The van der Waals surface area contributed by atoms with Gasteiger partial charge in [-0.15, -0.1) is 0 Å². The van der Waals surface area contributed by atoms with E-state index in [1.165, 1.54) is 12.8 Å². The third-order valence-corrected chi connectivity index (χ3v) is 5.46. The van der Waals surface area contributed by atoms with Gasteiger partial charge in [-0.3, -0.25) is 0 Å². The number of imidazole rings is 1. The zero-order valence-electron chi connectivity index (χ0n) is 15.5. The molecule has 1 N–H and O–H groups in total. The molecular formula is C18H28BrN3O3. The van der Waals surface area contributed by atoms with Gasteiger partial charge in [0.25, 0.3) is 0 Å². The molecule has 1 aromatic rings. The van der Waals surface area contributed by atoms with Crippen LogP contribution in [0.5, 0.6) is 0 Å². The van der Waals surface area contributed by atoms with Gasteiger partial charge in [0.2, 0.25) is 0 Å². The van der Waals surface area contributed by atoms with Crippen LogP contribution < -0.4 is 5.32 Å². The Morgan fingerprint density at radius 3 is 2.64 bits per heavy atom. The minimum absolute atomic E-state index is 0.0699. The fourth-order valence-corrected chi connectivity index (χ4v) is 4.63. The van der Waals surface area contributed by atoms with Gasteiger partial charge in [0.05, 0.1) is 0 Å². The highest BCUT2D eigenvalue weighted by Gasteiger charge is 2.53. The molecule has 25 heavy (non-hydrogen) atoms. The smallest absolute Gasteiger partial charge is 0.332 e. The maximum atomic E-state index is 12.2. The second-order valence-corrected chi connectivity index (χ2v) is 9.20. The van der Waals surface area contributed by atoms with Crippen LogP contribution in [0.2, 0.25) is 0 Å². The molecular weight excluding hydrogens is 386 g/mol. The van der Waals surface area contributed by atoms with E-state index in [4.69, 9.17) is 9.47 Å². The number of aromatic nitrogens is 2. The Labute approximate surface area is 157 Å². The predicted molar refractivity (Wildman–Crippen MR) is 98.2 cm³/mol. The van der Waals surface area contributed by atoms with Crippen LogP contribution in [0.1, 0.15) is 58.7 Å². The molecule has 1 saturated heterocycles. The van der Waals surface area contributed by atoms with Crippen LogP contribution >= 0.6 is 15.9 Å². The molecule has 2 aliphatic rings. The largest absolute Gasteiger partial charge is 0.458 e. The number of halogens is 1. The van der Waals surface area contributed by atoms with Gasteiger partial charge >= 0.3 is 5.97 Å². The lowest BCUT2D eigenvalue weighted by Gasteiger charge is -2.31. The lowest BCUT2D eigenvalue weighted by Crippen LogP contribution is -2.38. The molecule has 2 heterocycles. The second kappa shape index (κ2) is 6.67. The number of aryl methyl sites for hydroxylation is 1. The van der Waals surface area contributed by atoms with E-state index in [2.05, 4.69) is 26.2 Å². The fraction of sp³-hybridized carbons (Fsp3) is 0.778. The van der Waals surface area contributed by atoms with Crippen LogP contribution in [0.15, 0.2) is 10.8 Å². The van der Waals surface area contributed by atoms with Gasteiger partial charge in [0.1, 0.15) is 28.2 Å². The van der Waals surface area contributed by atoms with Crippen molar-refractivity contribution in [2.75, 3.05) is 13.2 Å². The molecule has 3 rings (SSSR count). The highest BCUT2D eigenvalue weighted by Crippen LogP contribution is 2.46. The Morgan fingerprint density at radius 1 is 1.40 bits per heavy atom. The van der Waals surface area contributed by atoms with Gasteiger partial charge in [0, 0.05) is 31.7 Å². The first kappa shape index (κ1) is 18.9. The Morgan fingerprint density at radius 2 is 2.08 bits per heavy atom. The highest BCUT2D eigenvalue weighted by atomic mass is 79.9. The summed E-state index contributed by atoms with van der Waals surface area (Å²) in [7, 11) is 1.96. The molecule has 0 amide bonds. The monoisotopic (exact) mass is 413 g/mol. The lowest BCUT2D eigenvalue weighted by atomic mass is 9.88. The number of nitrogens with zero attached hydrogens (tertiary/aromatic N) is 2. The number of ether oxygens (including phenoxy) is 2. The first-order valence-electron chi connectivity index (χ1n) is 8.93. The normalized spacial score (nSPS) is 25.6. The summed E-state index contributed by atoms with van der Waals surface area (Å²) in [6.07, 6.45) is 7.53. The first-order chi connectivity index (χ1) is 11.6. The van der Waals surface area contributed by atoms with Crippen LogP contribution in [0.3, 0.4) is 0 Å². The molecule has 0 radical (unpaired) electrons. The van der Waals surface area contributed by atoms with E-state index >= 15 is 0 Å². The van der Waals surface area contributed by atoms with Crippen molar-refractivity contribution in [1.29, 1.82) is 0 Å². The van der Waals surface area contributed by atoms with Gasteiger partial charge in [-0.25, -0.2) is 9.78 Å². The van der Waals surface area contributed by atoms with E-state index in [0.717, 1.165) is 29.7 Å². The number of nitrogens with one attached hydrogen (secondary N) is 1. The molecule has 6 nitrogen and oxygen atoms in total. The maximum Gasteiger partial charge on any atom is 0.332 e. The minimum Gasteiger partial charge on any atom is -0.458 e. The molecule has 1 atom stereocenters. The minimum atomic E-state index is -0.609. The van der Waals surface area contributed by atoms with E-state index in [1.807, 2.05) is 38.6 Å². The van der Waals surface area contributed by atoms with Gasteiger partial charge in [-0.1, -0.05) is 12.8 Å². The molecule has 7 heteroatoms. The average Bonchev–Trinajstić information content (AvgIpc) is 3.17. The van der Waals surface area contributed by atoms with E-state index in [1.54, 1.807) is 0 Å². The number of rotatable bonds is 4. The number of hydrogen-bond donors (Lipinski definition) is 1. The predicted octanol–water partition coefficient (Wildman–Crippen LogP) is 3.04. The van der Waals surface area contributed by atoms with Gasteiger partial charge < -0.3 is 19.4 Å². The molecule has 0 bridgehead atoms. The third kappa shape index (κ3) is 4.09. The fourth-order valence-electron chi connectivity index (χ4n) is 4.15. The van der Waals surface area contributed by atoms with Gasteiger partial charge in [-0.05, 0) is 49.5 Å². The average molecular weight is 414 g/mol. The van der Waals surface area contributed by atoms with Crippen LogP contribution in [0.25, 0.3) is 0 Å². The summed E-state index contributed by atoms with van der Waals surface area (Å²) in [5, 5.41) is 3.68. The first-order valence-corrected chi connectivity index (χ1v) is 9.73. The Hall–Kier alpha value is -0.920. The summed E-state index contributed by atoms with van der Waals surface area (Å²) in [6, 6.07) is 0. The van der Waals surface area contributed by atoms with Gasteiger partial charge in [0.15, 0.2) is 0 Å². The van der Waals surface area contributed by atoms with Crippen molar-refractivity contribution in [3.8, 4) is 0 Å². The Kier molecular flexibility index (Phi) is 5.03. The quantitative estimate of drug-likeness (QED) is 0.768. The summed E-state index contributed by atoms with van der Waals surface area (Å²) in [4.78, 5) is 16.8. The third-order valence-electron chi connectivity index (χ3n) is 5.07. The van der Waals surface area contributed by atoms with Crippen molar-refractivity contribution < 1.29 is 14.3 Å². The van der Waals surface area contributed by atoms with Crippen LogP contribution in [0, 0.1) is 0 Å². The number of hydrogen-bond acceptors (Lipinski definition) is 5. The van der Waals surface area contributed by atoms with Crippen molar-refractivity contribution in [2.45, 2.75) is 69.6 Å². The summed E-state index contributed by atoms with van der Waals surface area (Å²) in [5.74, 6) is 0.506. The standard InChI is InChI=1S/C18H28BrN3O3/c1-16(2,3)25-14(23)10-24-18(15-21-13(19)9-22(15)4)11-17(20-12-18)7-5-6-8-17/h9,20H,5-8,10-12H2,1-4H3. The molecule has 1 aliphatic heterocycles. The topological polar surface area (TPSA) is 65.4 Å². The summed E-state index contributed by atoms with van der Waals surface area (Å²) in [6.45, 7) is 6.18. The number of carbonyl (C=O) groups excluding carboxylic acids is 1. The van der Waals surface area contributed by atoms with Crippen molar-refractivity contribution in [3.63, 3.8) is 0 Å². The highest BCUT2D eigenvalue weighted by molar-refractivity contribution is 9.10. The summed E-state index contributed by atoms with van der Waals surface area (Å²) in [5.41, 5.74) is -1.02. The summed E-state index contributed by atoms with van der Waals surface area (Å²) >= 11 is 3.45. The number of esters is 1. The Balaban J connectivity index is 1.81. The van der Waals surface area contributed by atoms with E-state index in [-0.39, 0.29) is 18.1 Å².